The second-order valence-corrected chi connectivity index (χ2v) is 9.46. The molecule has 0 bridgehead atoms. The van der Waals surface area contributed by atoms with Gasteiger partial charge in [0.2, 0.25) is 0 Å². The molecule has 0 spiro atoms. The number of thiophene rings is 2. The molecule has 0 fully saturated rings. The van der Waals surface area contributed by atoms with Gasteiger partial charge in [0.05, 0.1) is 3.79 Å². The Morgan fingerprint density at radius 2 is 2.16 bits per heavy atom. The third kappa shape index (κ3) is 3.38. The van der Waals surface area contributed by atoms with Gasteiger partial charge in [0.25, 0.3) is 10.0 Å². The van der Waals surface area contributed by atoms with Gasteiger partial charge in [-0.25, -0.2) is 8.42 Å². The van der Waals surface area contributed by atoms with Crippen molar-refractivity contribution in [1.82, 2.24) is 4.31 Å². The number of nitrogens with two attached hydrogens (primary N) is 1. The molecule has 0 saturated carbocycles. The fourth-order valence-electron chi connectivity index (χ4n) is 1.57. The van der Waals surface area contributed by atoms with Gasteiger partial charge < -0.3 is 5.73 Å². The number of rotatable bonds is 5. The molecule has 2 heterocycles. The number of anilines is 1. The third-order valence-electron chi connectivity index (χ3n) is 2.50. The summed E-state index contributed by atoms with van der Waals surface area (Å²) >= 11 is 6.07. The first kappa shape index (κ1) is 15.0. The predicted octanol–water partition coefficient (Wildman–Crippen LogP) is 3.37. The molecular formula is C11H13BrN2O2S3. The van der Waals surface area contributed by atoms with E-state index in [4.69, 9.17) is 5.73 Å². The lowest BCUT2D eigenvalue weighted by atomic mass is 10.4. The van der Waals surface area contributed by atoms with E-state index in [0.29, 0.717) is 23.0 Å². The first-order chi connectivity index (χ1) is 8.93. The molecule has 2 aromatic heterocycles. The fraction of sp³-hybridized carbons (Fsp3) is 0.273. The minimum atomic E-state index is -3.46. The molecule has 2 aromatic rings. The summed E-state index contributed by atoms with van der Waals surface area (Å²) in [5, 5.41) is 1.64. The van der Waals surface area contributed by atoms with E-state index in [2.05, 4.69) is 15.9 Å². The molecule has 0 aromatic carbocycles. The highest BCUT2D eigenvalue weighted by molar-refractivity contribution is 9.11. The molecule has 0 amide bonds. The van der Waals surface area contributed by atoms with Crippen molar-refractivity contribution >= 4 is 54.3 Å². The molecule has 0 saturated heterocycles. The summed E-state index contributed by atoms with van der Waals surface area (Å²) in [4.78, 5) is 1.00. The SMILES string of the molecule is CCN(Cc1ccc(Br)s1)S(=O)(=O)c1cc(N)cs1. The second-order valence-electron chi connectivity index (χ2n) is 3.84. The topological polar surface area (TPSA) is 63.4 Å². The van der Waals surface area contributed by atoms with Gasteiger partial charge in [0.15, 0.2) is 0 Å². The van der Waals surface area contributed by atoms with E-state index in [-0.39, 0.29) is 0 Å². The Kier molecular flexibility index (Phi) is 4.67. The van der Waals surface area contributed by atoms with E-state index in [1.54, 1.807) is 5.38 Å². The van der Waals surface area contributed by atoms with Crippen LogP contribution in [0.15, 0.2) is 31.6 Å². The Hall–Kier alpha value is -0.410. The van der Waals surface area contributed by atoms with Crippen LogP contribution < -0.4 is 5.73 Å². The molecule has 0 aliphatic heterocycles. The van der Waals surface area contributed by atoms with Gasteiger partial charge in [-0.1, -0.05) is 6.92 Å². The van der Waals surface area contributed by atoms with E-state index in [1.165, 1.54) is 21.7 Å². The van der Waals surface area contributed by atoms with Gasteiger partial charge in [0.1, 0.15) is 4.21 Å². The van der Waals surface area contributed by atoms with E-state index in [0.717, 1.165) is 20.0 Å². The van der Waals surface area contributed by atoms with Crippen molar-refractivity contribution in [2.45, 2.75) is 17.7 Å². The van der Waals surface area contributed by atoms with Crippen LogP contribution in [0.5, 0.6) is 0 Å². The number of nitrogen functional groups attached to an aromatic ring is 1. The van der Waals surface area contributed by atoms with Gasteiger partial charge >= 0.3 is 0 Å². The zero-order chi connectivity index (χ0) is 14.0. The van der Waals surface area contributed by atoms with E-state index >= 15 is 0 Å². The molecule has 8 heteroatoms. The maximum Gasteiger partial charge on any atom is 0.252 e. The van der Waals surface area contributed by atoms with Crippen molar-refractivity contribution in [1.29, 1.82) is 0 Å². The standard InChI is InChI=1S/C11H13BrN2O2S3/c1-2-14(6-9-3-4-10(12)18-9)19(15,16)11-5-8(13)7-17-11/h3-5,7H,2,6,13H2,1H3. The van der Waals surface area contributed by atoms with E-state index < -0.39 is 10.0 Å². The molecule has 4 nitrogen and oxygen atoms in total. The van der Waals surface area contributed by atoms with Crippen LogP contribution in [0.25, 0.3) is 0 Å². The van der Waals surface area contributed by atoms with Crippen molar-refractivity contribution < 1.29 is 8.42 Å². The van der Waals surface area contributed by atoms with Gasteiger partial charge in [-0.05, 0) is 34.1 Å². The highest BCUT2D eigenvalue weighted by Crippen LogP contribution is 2.28. The quantitative estimate of drug-likeness (QED) is 0.864. The average Bonchev–Trinajstić information content (AvgIpc) is 2.95. The van der Waals surface area contributed by atoms with E-state index in [1.807, 2.05) is 19.1 Å². The minimum Gasteiger partial charge on any atom is -0.398 e. The summed E-state index contributed by atoms with van der Waals surface area (Å²) in [6.45, 7) is 2.64. The Morgan fingerprint density at radius 1 is 1.42 bits per heavy atom. The zero-order valence-electron chi connectivity index (χ0n) is 10.2. The molecule has 2 N–H and O–H groups in total. The summed E-state index contributed by atoms with van der Waals surface area (Å²) in [5.74, 6) is 0. The van der Waals surface area contributed by atoms with Crippen LogP contribution >= 0.6 is 38.6 Å². The normalized spacial score (nSPS) is 12.2. The summed E-state index contributed by atoms with van der Waals surface area (Å²) in [6, 6.07) is 5.35. The molecule has 19 heavy (non-hydrogen) atoms. The van der Waals surface area contributed by atoms with Crippen LogP contribution in [-0.4, -0.2) is 19.3 Å². The van der Waals surface area contributed by atoms with Crippen molar-refractivity contribution in [3.05, 3.63) is 32.2 Å². The molecular weight excluding hydrogens is 368 g/mol. The predicted molar refractivity (Wildman–Crippen MR) is 84.0 cm³/mol. The number of nitrogens with zero attached hydrogens (tertiary/aromatic N) is 1. The van der Waals surface area contributed by atoms with Crippen LogP contribution in [0.1, 0.15) is 11.8 Å². The number of hydrogen-bond donors (Lipinski definition) is 1. The molecule has 0 radical (unpaired) electrons. The van der Waals surface area contributed by atoms with E-state index in [9.17, 15) is 8.42 Å². The molecule has 104 valence electrons. The molecule has 0 atom stereocenters. The summed E-state index contributed by atoms with van der Waals surface area (Å²) in [7, 11) is -3.46. The largest absolute Gasteiger partial charge is 0.398 e. The summed E-state index contributed by atoms with van der Waals surface area (Å²) in [6.07, 6.45) is 0. The van der Waals surface area contributed by atoms with Gasteiger partial charge in [-0.15, -0.1) is 22.7 Å². The maximum absolute atomic E-state index is 12.5. The highest BCUT2D eigenvalue weighted by Gasteiger charge is 2.25. The second kappa shape index (κ2) is 5.92. The average molecular weight is 381 g/mol. The molecule has 2 rings (SSSR count). The summed E-state index contributed by atoms with van der Waals surface area (Å²) in [5.41, 5.74) is 6.08. The fourth-order valence-corrected chi connectivity index (χ4v) is 5.81. The first-order valence-electron chi connectivity index (χ1n) is 5.52. The van der Waals surface area contributed by atoms with Crippen molar-refractivity contribution in [3.8, 4) is 0 Å². The van der Waals surface area contributed by atoms with Gasteiger partial charge in [0, 0.05) is 29.0 Å². The van der Waals surface area contributed by atoms with Crippen LogP contribution in [-0.2, 0) is 16.6 Å². The Bertz CT molecular complexity index is 663. The first-order valence-corrected chi connectivity index (χ1v) is 9.44. The minimum absolute atomic E-state index is 0.294. The maximum atomic E-state index is 12.5. The van der Waals surface area contributed by atoms with Crippen LogP contribution in [0.2, 0.25) is 0 Å². The van der Waals surface area contributed by atoms with Crippen molar-refractivity contribution in [2.75, 3.05) is 12.3 Å². The molecule has 0 unspecified atom stereocenters. The summed E-state index contributed by atoms with van der Waals surface area (Å²) < 4.78 is 27.7. The lowest BCUT2D eigenvalue weighted by Gasteiger charge is -2.18. The number of hydrogen-bond acceptors (Lipinski definition) is 5. The lowest BCUT2D eigenvalue weighted by Crippen LogP contribution is -2.29. The molecule has 0 aliphatic rings. The Morgan fingerprint density at radius 3 is 2.63 bits per heavy atom. The highest BCUT2D eigenvalue weighted by atomic mass is 79.9. The monoisotopic (exact) mass is 380 g/mol. The molecule has 0 aliphatic carbocycles. The lowest BCUT2D eigenvalue weighted by molar-refractivity contribution is 0.428. The smallest absolute Gasteiger partial charge is 0.252 e. The van der Waals surface area contributed by atoms with Crippen LogP contribution in [0.3, 0.4) is 0 Å². The van der Waals surface area contributed by atoms with Crippen LogP contribution in [0, 0.1) is 0 Å². The number of halogens is 1. The van der Waals surface area contributed by atoms with Crippen LogP contribution in [0.4, 0.5) is 5.69 Å². The van der Waals surface area contributed by atoms with Crippen molar-refractivity contribution in [2.24, 2.45) is 0 Å². The Labute approximate surface area is 129 Å². The number of sulfonamides is 1. The zero-order valence-corrected chi connectivity index (χ0v) is 14.2. The van der Waals surface area contributed by atoms with Crippen molar-refractivity contribution in [3.63, 3.8) is 0 Å². The van der Waals surface area contributed by atoms with Gasteiger partial charge in [-0.3, -0.25) is 0 Å². The Balaban J connectivity index is 2.26. The third-order valence-corrected chi connectivity index (χ3v) is 7.47. The van der Waals surface area contributed by atoms with Gasteiger partial charge in [-0.2, -0.15) is 4.31 Å².